The molecule has 0 N–H and O–H groups in total. The van der Waals surface area contributed by atoms with E-state index in [1.807, 2.05) is 31.4 Å². The Hall–Kier alpha value is -0.480. The molecule has 1 aromatic carbocycles. The second-order valence-corrected chi connectivity index (χ2v) is 4.68. The van der Waals surface area contributed by atoms with Crippen LogP contribution in [0, 0.1) is 0 Å². The Labute approximate surface area is 109 Å². The van der Waals surface area contributed by atoms with Crippen LogP contribution in [0.1, 0.15) is 12.5 Å². The average molecular weight is 303 g/mol. The van der Waals surface area contributed by atoms with Crippen LogP contribution in [-0.2, 0) is 11.2 Å². The Kier molecular flexibility index (Phi) is 5.91. The molecule has 0 amide bonds. The van der Waals surface area contributed by atoms with Crippen molar-refractivity contribution in [1.29, 1.82) is 0 Å². The highest BCUT2D eigenvalue weighted by Gasteiger charge is 2.06. The fourth-order valence-electron chi connectivity index (χ4n) is 1.37. The van der Waals surface area contributed by atoms with Crippen molar-refractivity contribution < 1.29 is 9.53 Å². The lowest BCUT2D eigenvalue weighted by molar-refractivity contribution is -0.115. The van der Waals surface area contributed by atoms with Gasteiger partial charge in [0, 0.05) is 11.3 Å². The molecule has 0 heterocycles. The summed E-state index contributed by atoms with van der Waals surface area (Å²) in [4.78, 5) is 12.4. The Morgan fingerprint density at radius 3 is 2.81 bits per heavy atom. The minimum absolute atomic E-state index is 0.191. The number of alkyl halides is 1. The third kappa shape index (κ3) is 3.83. The SMILES string of the molecule is CCOc1ccc(CC(=O)CBr)cc1SC. The van der Waals surface area contributed by atoms with Crippen LogP contribution in [0.5, 0.6) is 5.75 Å². The summed E-state index contributed by atoms with van der Waals surface area (Å²) in [5.41, 5.74) is 1.04. The number of hydrogen-bond donors (Lipinski definition) is 0. The number of carbonyl (C=O) groups is 1. The van der Waals surface area contributed by atoms with Crippen molar-refractivity contribution in [2.24, 2.45) is 0 Å². The summed E-state index contributed by atoms with van der Waals surface area (Å²) in [6.07, 6.45) is 2.49. The van der Waals surface area contributed by atoms with E-state index in [0.717, 1.165) is 16.2 Å². The maximum Gasteiger partial charge on any atom is 0.147 e. The maximum absolute atomic E-state index is 11.3. The minimum atomic E-state index is 0.191. The fraction of sp³-hybridized carbons (Fsp3) is 0.417. The second kappa shape index (κ2) is 6.97. The van der Waals surface area contributed by atoms with E-state index < -0.39 is 0 Å². The van der Waals surface area contributed by atoms with Gasteiger partial charge in [-0.05, 0) is 30.9 Å². The molecular weight excluding hydrogens is 288 g/mol. The minimum Gasteiger partial charge on any atom is -0.493 e. The number of Topliss-reactive ketones (excluding diaryl/α,β-unsaturated/α-hetero) is 1. The van der Waals surface area contributed by atoms with E-state index in [0.29, 0.717) is 18.4 Å². The molecule has 16 heavy (non-hydrogen) atoms. The van der Waals surface area contributed by atoms with Gasteiger partial charge in [-0.1, -0.05) is 22.0 Å². The van der Waals surface area contributed by atoms with Crippen LogP contribution in [0.2, 0.25) is 0 Å². The van der Waals surface area contributed by atoms with Crippen LogP contribution < -0.4 is 4.74 Å². The third-order valence-electron chi connectivity index (χ3n) is 2.08. The molecule has 0 bridgehead atoms. The van der Waals surface area contributed by atoms with Crippen molar-refractivity contribution in [3.05, 3.63) is 23.8 Å². The lowest BCUT2D eigenvalue weighted by atomic mass is 10.1. The first-order chi connectivity index (χ1) is 7.71. The number of benzene rings is 1. The number of halogens is 1. The summed E-state index contributed by atoms with van der Waals surface area (Å²) in [5.74, 6) is 1.08. The highest BCUT2D eigenvalue weighted by Crippen LogP contribution is 2.28. The van der Waals surface area contributed by atoms with Gasteiger partial charge < -0.3 is 4.74 Å². The van der Waals surface area contributed by atoms with Gasteiger partial charge in [0.1, 0.15) is 11.5 Å². The van der Waals surface area contributed by atoms with Gasteiger partial charge in [-0.15, -0.1) is 11.8 Å². The van der Waals surface area contributed by atoms with Gasteiger partial charge in [-0.3, -0.25) is 4.79 Å². The van der Waals surface area contributed by atoms with Crippen molar-refractivity contribution >= 4 is 33.5 Å². The average Bonchev–Trinajstić information content (AvgIpc) is 2.31. The van der Waals surface area contributed by atoms with E-state index in [1.165, 1.54) is 0 Å². The Bertz CT molecular complexity index is 366. The summed E-state index contributed by atoms with van der Waals surface area (Å²) in [6.45, 7) is 2.62. The fourth-order valence-corrected chi connectivity index (χ4v) is 2.17. The smallest absolute Gasteiger partial charge is 0.147 e. The maximum atomic E-state index is 11.3. The molecule has 1 rings (SSSR count). The molecule has 0 aliphatic carbocycles. The van der Waals surface area contributed by atoms with E-state index in [1.54, 1.807) is 11.8 Å². The van der Waals surface area contributed by atoms with Gasteiger partial charge in [0.25, 0.3) is 0 Å². The Morgan fingerprint density at radius 1 is 1.50 bits per heavy atom. The van der Waals surface area contributed by atoms with E-state index in [2.05, 4.69) is 15.9 Å². The quantitative estimate of drug-likeness (QED) is 0.596. The van der Waals surface area contributed by atoms with Crippen LogP contribution in [-0.4, -0.2) is 24.0 Å². The molecule has 0 fully saturated rings. The Morgan fingerprint density at radius 2 is 2.25 bits per heavy atom. The van der Waals surface area contributed by atoms with E-state index in [4.69, 9.17) is 4.74 Å². The number of thioether (sulfide) groups is 1. The molecule has 0 aromatic heterocycles. The van der Waals surface area contributed by atoms with Crippen molar-refractivity contribution in [3.63, 3.8) is 0 Å². The van der Waals surface area contributed by atoms with E-state index >= 15 is 0 Å². The molecule has 2 nitrogen and oxygen atoms in total. The molecule has 0 aliphatic heterocycles. The van der Waals surface area contributed by atoms with Gasteiger partial charge in [0.2, 0.25) is 0 Å². The van der Waals surface area contributed by atoms with Crippen molar-refractivity contribution in [3.8, 4) is 5.75 Å². The number of rotatable bonds is 6. The lowest BCUT2D eigenvalue weighted by Gasteiger charge is -2.09. The van der Waals surface area contributed by atoms with Crippen LogP contribution in [0.25, 0.3) is 0 Å². The van der Waals surface area contributed by atoms with Gasteiger partial charge in [-0.25, -0.2) is 0 Å². The van der Waals surface area contributed by atoms with Gasteiger partial charge in [0.05, 0.1) is 11.9 Å². The molecular formula is C12H15BrO2S. The molecule has 0 saturated carbocycles. The van der Waals surface area contributed by atoms with Crippen molar-refractivity contribution in [2.45, 2.75) is 18.2 Å². The zero-order valence-corrected chi connectivity index (χ0v) is 11.9. The predicted octanol–water partition coefficient (Wildman–Crippen LogP) is 3.31. The topological polar surface area (TPSA) is 26.3 Å². The highest BCUT2D eigenvalue weighted by atomic mass is 79.9. The standard InChI is InChI=1S/C12H15BrO2S/c1-3-15-11-5-4-9(6-10(14)8-13)7-12(11)16-2/h4-5,7H,3,6,8H2,1-2H3. The van der Waals surface area contributed by atoms with Crippen molar-refractivity contribution in [2.75, 3.05) is 18.2 Å². The highest BCUT2D eigenvalue weighted by molar-refractivity contribution is 9.09. The van der Waals surface area contributed by atoms with Crippen molar-refractivity contribution in [1.82, 2.24) is 0 Å². The molecule has 0 radical (unpaired) electrons. The van der Waals surface area contributed by atoms with Crippen LogP contribution in [0.4, 0.5) is 0 Å². The summed E-state index contributed by atoms with van der Waals surface area (Å²) >= 11 is 4.80. The van der Waals surface area contributed by atoms with Gasteiger partial charge in [-0.2, -0.15) is 0 Å². The van der Waals surface area contributed by atoms with Gasteiger partial charge in [0.15, 0.2) is 0 Å². The normalized spacial score (nSPS) is 10.2. The molecule has 0 unspecified atom stereocenters. The molecule has 0 atom stereocenters. The molecule has 0 aliphatic rings. The van der Waals surface area contributed by atoms with Crippen LogP contribution >= 0.6 is 27.7 Å². The van der Waals surface area contributed by atoms with E-state index in [9.17, 15) is 4.79 Å². The molecule has 1 aromatic rings. The molecule has 88 valence electrons. The summed E-state index contributed by atoms with van der Waals surface area (Å²) in [5, 5.41) is 0.412. The second-order valence-electron chi connectivity index (χ2n) is 3.27. The number of ketones is 1. The first-order valence-corrected chi connectivity index (χ1v) is 7.43. The number of carbonyl (C=O) groups excluding carboxylic acids is 1. The largest absolute Gasteiger partial charge is 0.493 e. The molecule has 0 saturated heterocycles. The number of ether oxygens (including phenoxy) is 1. The lowest BCUT2D eigenvalue weighted by Crippen LogP contribution is -2.03. The Balaban J connectivity index is 2.86. The molecule has 0 spiro atoms. The zero-order valence-electron chi connectivity index (χ0n) is 9.46. The summed E-state index contributed by atoms with van der Waals surface area (Å²) in [6, 6.07) is 5.91. The third-order valence-corrected chi connectivity index (χ3v) is 3.46. The summed E-state index contributed by atoms with van der Waals surface area (Å²) < 4.78 is 5.50. The van der Waals surface area contributed by atoms with Gasteiger partial charge >= 0.3 is 0 Å². The molecule has 4 heteroatoms. The number of hydrogen-bond acceptors (Lipinski definition) is 3. The van der Waals surface area contributed by atoms with Crippen LogP contribution in [0.3, 0.4) is 0 Å². The summed E-state index contributed by atoms with van der Waals surface area (Å²) in [7, 11) is 0. The monoisotopic (exact) mass is 302 g/mol. The zero-order chi connectivity index (χ0) is 12.0. The first kappa shape index (κ1) is 13.6. The first-order valence-electron chi connectivity index (χ1n) is 5.08. The van der Waals surface area contributed by atoms with Crippen LogP contribution in [0.15, 0.2) is 23.1 Å². The predicted molar refractivity (Wildman–Crippen MR) is 71.9 cm³/mol. The van der Waals surface area contributed by atoms with E-state index in [-0.39, 0.29) is 5.78 Å².